The van der Waals surface area contributed by atoms with Crippen molar-refractivity contribution in [1.29, 1.82) is 0 Å². The topological polar surface area (TPSA) is 284 Å². The maximum Gasteiger partial charge on any atom is 0.306 e. The monoisotopic (exact) mass is 1500 g/mol. The molecule has 0 aliphatic carbocycles. The van der Waals surface area contributed by atoms with E-state index in [1.807, 2.05) is 0 Å². The van der Waals surface area contributed by atoms with Gasteiger partial charge in [-0.05, 0) is 141 Å². The van der Waals surface area contributed by atoms with Crippen LogP contribution in [0.4, 0.5) is 0 Å². The van der Waals surface area contributed by atoms with E-state index in [-0.39, 0.29) is 43.6 Å². The summed E-state index contributed by atoms with van der Waals surface area (Å²) in [6, 6.07) is 0. The molecule has 2 heterocycles. The van der Waals surface area contributed by atoms with E-state index in [9.17, 15) is 54.9 Å². The summed E-state index contributed by atoms with van der Waals surface area (Å²) in [5, 5.41) is 72.7. The van der Waals surface area contributed by atoms with Gasteiger partial charge in [0.2, 0.25) is 0 Å². The third kappa shape index (κ3) is 51.7. The first kappa shape index (κ1) is 97.4. The number of carbonyl (C=O) groups is 4. The van der Waals surface area contributed by atoms with Gasteiger partial charge in [0.25, 0.3) is 0 Å². The van der Waals surface area contributed by atoms with Crippen LogP contribution in [-0.2, 0) is 57.1 Å². The van der Waals surface area contributed by atoms with Crippen molar-refractivity contribution >= 4 is 23.9 Å². The Morgan fingerprint density at radius 1 is 0.321 bits per heavy atom. The second-order valence-corrected chi connectivity index (χ2v) is 28.9. The molecule has 2 saturated heterocycles. The van der Waals surface area contributed by atoms with E-state index in [1.54, 1.807) is 0 Å². The maximum absolute atomic E-state index is 13.1. The number of rotatable bonds is 68. The average Bonchev–Trinajstić information content (AvgIpc) is 0.811. The summed E-state index contributed by atoms with van der Waals surface area (Å²) in [5.41, 5.74) is 0. The number of hydrogen-bond donors (Lipinski definition) is 7. The Morgan fingerprint density at radius 2 is 0.632 bits per heavy atom. The molecule has 0 saturated carbocycles. The van der Waals surface area contributed by atoms with Gasteiger partial charge in [0.05, 0.1) is 19.8 Å². The SMILES string of the molecule is CCCCC/C=C\C/C=C\CCCCCCCC(=O)OC(C/C=C\C/C=C\CCCCCCCC(=O)OC(C/C=C\C/C=C\CCCCCCCC(=O)OCC(CO[C@@H]1O[C@H](CO[C@H]2O[C@H](CO)[C@H](O)[C@H](O)[C@H]2O)[C@H](O)[C@H](O)[C@H]1O)OC(=O)CCCCCCC/C=C\C/C=C\CCCCC)CCC)CCC. The Labute approximate surface area is 640 Å². The molecule has 19 heteroatoms. The molecule has 0 spiro atoms. The van der Waals surface area contributed by atoms with E-state index >= 15 is 0 Å². The molecule has 19 nitrogen and oxygen atoms in total. The van der Waals surface area contributed by atoms with Gasteiger partial charge in [0.15, 0.2) is 18.7 Å². The summed E-state index contributed by atoms with van der Waals surface area (Å²) in [5.74, 6) is -1.18. The van der Waals surface area contributed by atoms with E-state index in [0.29, 0.717) is 32.1 Å². The predicted molar refractivity (Wildman–Crippen MR) is 421 cm³/mol. The van der Waals surface area contributed by atoms with Crippen LogP contribution in [0, 0.1) is 0 Å². The zero-order chi connectivity index (χ0) is 77.1. The second kappa shape index (κ2) is 68.4. The van der Waals surface area contributed by atoms with E-state index < -0.39 is 99.3 Å². The van der Waals surface area contributed by atoms with Crippen LogP contribution in [-0.4, -0.2) is 166 Å². The van der Waals surface area contributed by atoms with Gasteiger partial charge in [0.1, 0.15) is 67.6 Å². The number of hydrogen-bond acceptors (Lipinski definition) is 19. The Balaban J connectivity index is 1.63. The van der Waals surface area contributed by atoms with Gasteiger partial charge in [-0.15, -0.1) is 0 Å². The molecule has 0 radical (unpaired) electrons. The molecular formula is C87H148O19. The molecule has 7 N–H and O–H groups in total. The first-order valence-corrected chi connectivity index (χ1v) is 41.9. The molecule has 0 amide bonds. The van der Waals surface area contributed by atoms with Gasteiger partial charge in [-0.25, -0.2) is 0 Å². The van der Waals surface area contributed by atoms with Crippen LogP contribution < -0.4 is 0 Å². The third-order valence-corrected chi connectivity index (χ3v) is 19.1. The first-order valence-electron chi connectivity index (χ1n) is 41.9. The van der Waals surface area contributed by atoms with Crippen LogP contribution in [0.3, 0.4) is 0 Å². The molecule has 13 atom stereocenters. The highest BCUT2D eigenvalue weighted by molar-refractivity contribution is 5.71. The van der Waals surface area contributed by atoms with E-state index in [4.69, 9.17) is 37.9 Å². The molecule has 2 fully saturated rings. The van der Waals surface area contributed by atoms with Crippen LogP contribution in [0.15, 0.2) is 97.2 Å². The van der Waals surface area contributed by atoms with E-state index in [0.717, 1.165) is 186 Å². The second-order valence-electron chi connectivity index (χ2n) is 28.9. The average molecular weight is 1500 g/mol. The van der Waals surface area contributed by atoms with Crippen LogP contribution in [0.5, 0.6) is 0 Å². The Kier molecular flexibility index (Phi) is 62.9. The summed E-state index contributed by atoms with van der Waals surface area (Å²) in [6.45, 7) is 6.69. The van der Waals surface area contributed by atoms with Crippen molar-refractivity contribution in [3.63, 3.8) is 0 Å². The molecule has 0 aromatic heterocycles. The van der Waals surface area contributed by atoms with Crippen LogP contribution >= 0.6 is 0 Å². The molecule has 0 bridgehead atoms. The number of esters is 4. The first-order chi connectivity index (χ1) is 51.7. The molecule has 2 rings (SSSR count). The predicted octanol–water partition coefficient (Wildman–Crippen LogP) is 17.4. The van der Waals surface area contributed by atoms with Crippen molar-refractivity contribution in [2.24, 2.45) is 0 Å². The van der Waals surface area contributed by atoms with Crippen molar-refractivity contribution in [3.8, 4) is 0 Å². The summed E-state index contributed by atoms with van der Waals surface area (Å²) >= 11 is 0. The minimum Gasteiger partial charge on any atom is -0.462 e. The highest BCUT2D eigenvalue weighted by Gasteiger charge is 2.48. The number of unbranched alkanes of at least 4 members (excludes halogenated alkanes) is 26. The molecule has 2 aliphatic heterocycles. The van der Waals surface area contributed by atoms with Gasteiger partial charge in [-0.1, -0.05) is 240 Å². The van der Waals surface area contributed by atoms with Crippen molar-refractivity contribution in [2.75, 3.05) is 26.4 Å². The molecule has 0 aromatic carbocycles. The molecule has 3 unspecified atom stereocenters. The van der Waals surface area contributed by atoms with Crippen LogP contribution in [0.25, 0.3) is 0 Å². The lowest BCUT2D eigenvalue weighted by atomic mass is 9.98. The lowest BCUT2D eigenvalue weighted by Crippen LogP contribution is -2.61. The zero-order valence-electron chi connectivity index (χ0n) is 66.1. The van der Waals surface area contributed by atoms with Gasteiger partial charge in [0, 0.05) is 38.5 Å². The summed E-state index contributed by atoms with van der Waals surface area (Å²) < 4.78 is 45.5. The normalized spacial score (nSPS) is 21.8. The number of ether oxygens (including phenoxy) is 8. The van der Waals surface area contributed by atoms with Gasteiger partial charge in [-0.3, -0.25) is 19.2 Å². The fraction of sp³-hybridized carbons (Fsp3) is 0.770. The number of aliphatic hydroxyl groups excluding tert-OH is 7. The van der Waals surface area contributed by atoms with Gasteiger partial charge < -0.3 is 73.6 Å². The summed E-state index contributed by atoms with van der Waals surface area (Å²) in [6.07, 6.45) is 61.8. The number of aliphatic hydroxyl groups is 7. The largest absolute Gasteiger partial charge is 0.462 e. The minimum atomic E-state index is -1.79. The highest BCUT2D eigenvalue weighted by atomic mass is 16.7. The standard InChI is InChI=1S/C87H148O19/c1-5-9-11-13-15-17-19-21-23-25-31-38-44-50-56-64-77(90)102-72(60-8-4)62-54-48-42-36-30-28-34-40-45-51-57-65-78(91)103-71(59-7-3)61-53-47-41-35-29-27-33-37-43-49-55-63-76(89)99-68-73(104-79(92)66-58-52-46-39-32-26-24-22-20-18-16-14-12-10-6-2)69-100-86-85(98)83(96)81(94)75(106-86)70-101-87-84(97)82(95)80(93)74(67-88)105-87/h15-18,21-24,29-30,35-36,47-48,53-54,71-75,80-88,93-98H,5-14,19-20,25-28,31-34,37-46,49-52,55-70H2,1-4H3/b17-15-,18-16-,23-21-,24-22-,35-29-,36-30-,53-47-,54-48-/t71?,72?,73?,74-,75-,80+,81+,82+,83+,84-,85-,86-,87+/m1/s1. The van der Waals surface area contributed by atoms with Crippen molar-refractivity contribution in [2.45, 2.75) is 403 Å². The number of allylic oxidation sites excluding steroid dienone is 14. The fourth-order valence-electron chi connectivity index (χ4n) is 12.6. The molecule has 0 aromatic rings. The smallest absolute Gasteiger partial charge is 0.306 e. The Morgan fingerprint density at radius 3 is 1.00 bits per heavy atom. The molecule has 106 heavy (non-hydrogen) atoms. The minimum absolute atomic E-state index is 0.0452. The molecular weight excluding hydrogens is 1350 g/mol. The number of carbonyl (C=O) groups excluding carboxylic acids is 4. The highest BCUT2D eigenvalue weighted by Crippen LogP contribution is 2.27. The Hall–Kier alpha value is -4.64. The fourth-order valence-corrected chi connectivity index (χ4v) is 12.6. The van der Waals surface area contributed by atoms with E-state index in [1.165, 1.54) is 64.2 Å². The van der Waals surface area contributed by atoms with Crippen LogP contribution in [0.2, 0.25) is 0 Å². The van der Waals surface area contributed by atoms with Crippen molar-refractivity contribution < 1.29 is 92.8 Å². The Bertz CT molecular complexity index is 2380. The summed E-state index contributed by atoms with van der Waals surface area (Å²) in [4.78, 5) is 51.4. The third-order valence-electron chi connectivity index (χ3n) is 19.1. The molecule has 2 aliphatic rings. The quantitative estimate of drug-likeness (QED) is 0.0129. The van der Waals surface area contributed by atoms with E-state index in [2.05, 4.69) is 125 Å². The lowest BCUT2D eigenvalue weighted by molar-refractivity contribution is -0.332. The lowest BCUT2D eigenvalue weighted by Gasteiger charge is -2.42. The van der Waals surface area contributed by atoms with Crippen molar-refractivity contribution in [1.82, 2.24) is 0 Å². The molecule has 610 valence electrons. The van der Waals surface area contributed by atoms with Crippen molar-refractivity contribution in [3.05, 3.63) is 97.2 Å². The zero-order valence-corrected chi connectivity index (χ0v) is 66.1. The maximum atomic E-state index is 13.1. The van der Waals surface area contributed by atoms with Gasteiger partial charge >= 0.3 is 23.9 Å². The van der Waals surface area contributed by atoms with Crippen LogP contribution in [0.1, 0.15) is 323 Å². The van der Waals surface area contributed by atoms with Gasteiger partial charge in [-0.2, -0.15) is 0 Å². The summed E-state index contributed by atoms with van der Waals surface area (Å²) in [7, 11) is 0.